The number of carbonyl (C=O) groups excluding carboxylic acids is 3. The third kappa shape index (κ3) is 31.9. The van der Waals surface area contributed by atoms with Gasteiger partial charge in [-0.3, -0.25) is 14.4 Å². The van der Waals surface area contributed by atoms with Gasteiger partial charge in [-0.1, -0.05) is 175 Å². The zero-order chi connectivity index (χ0) is 40.6. The summed E-state index contributed by atoms with van der Waals surface area (Å²) in [5.41, 5.74) is 0. The molecule has 57 heavy (non-hydrogen) atoms. The molecule has 0 aromatic heterocycles. The summed E-state index contributed by atoms with van der Waals surface area (Å²) < 4.78 is 34.0. The molecule has 0 bridgehead atoms. The van der Waals surface area contributed by atoms with E-state index in [1.807, 2.05) is 0 Å². The van der Waals surface area contributed by atoms with Crippen molar-refractivity contribution in [2.45, 2.75) is 244 Å². The monoisotopic (exact) mass is 850 g/mol. The first-order valence-corrected chi connectivity index (χ1v) is 23.7. The average Bonchev–Trinajstić information content (AvgIpc) is 3.14. The Morgan fingerprint density at radius 3 is 1.28 bits per heavy atom. The Bertz CT molecular complexity index is 1040. The summed E-state index contributed by atoms with van der Waals surface area (Å²) in [7, 11) is -5.69. The quantitative estimate of drug-likeness (QED) is 0.0409. The van der Waals surface area contributed by atoms with Crippen LogP contribution in [-0.4, -0.2) is 60.2 Å². The molecule has 324 valence electrons. The fourth-order valence-electron chi connectivity index (χ4n) is 7.13. The van der Waals surface area contributed by atoms with E-state index in [-0.39, 0.29) is 78.4 Å². The zero-order valence-corrected chi connectivity index (χ0v) is 41.7. The van der Waals surface area contributed by atoms with E-state index in [9.17, 15) is 33.8 Å². The fourth-order valence-corrected chi connectivity index (χ4v) is 7.69. The summed E-state index contributed by atoms with van der Waals surface area (Å²) in [5.74, 6) is -1.74. The standard InChI is InChI=1S/C42H80NO11P.2Na/c1-4-7-10-13-16-19-22-25-28-31-36(45)43-39-41(52-37(46)32-29-26-23-20-17-14-11-8-5-2)40(54-55(48,49)50)35(34-44)51-42(39)53-38(47)33-30-27-24-21-18-15-12-9-6-3;;/h35,39-42,44H,4-34H2,1-3H3,(H,43,45)(H2,48,49,50);;/q;2*+1/p-2/t35-,39-,40-,41-,42-;;/m1../s1. The third-order valence-corrected chi connectivity index (χ3v) is 10.9. The van der Waals surface area contributed by atoms with Crippen molar-refractivity contribution in [3.63, 3.8) is 0 Å². The molecule has 0 aromatic carbocycles. The van der Waals surface area contributed by atoms with Gasteiger partial charge in [-0.15, -0.1) is 0 Å². The third-order valence-electron chi connectivity index (χ3n) is 10.4. The van der Waals surface area contributed by atoms with E-state index in [2.05, 4.69) is 26.1 Å². The zero-order valence-electron chi connectivity index (χ0n) is 36.8. The predicted molar refractivity (Wildman–Crippen MR) is 212 cm³/mol. The number of amides is 1. The van der Waals surface area contributed by atoms with Crippen LogP contribution in [0.2, 0.25) is 0 Å². The van der Waals surface area contributed by atoms with Gasteiger partial charge in [0.25, 0.3) is 0 Å². The normalized spacial score (nSPS) is 19.3. The first-order chi connectivity index (χ1) is 26.6. The van der Waals surface area contributed by atoms with Crippen LogP contribution in [0, 0.1) is 0 Å². The van der Waals surface area contributed by atoms with Crippen molar-refractivity contribution < 1.29 is 112 Å². The Labute approximate surface area is 390 Å². The molecule has 0 unspecified atom stereocenters. The number of aliphatic hydroxyl groups is 1. The number of carbonyl (C=O) groups is 3. The fraction of sp³-hybridized carbons (Fsp3) is 0.929. The molecule has 12 nitrogen and oxygen atoms in total. The van der Waals surface area contributed by atoms with Crippen molar-refractivity contribution in [3.05, 3.63) is 0 Å². The maximum absolute atomic E-state index is 13.3. The minimum absolute atomic E-state index is 0. The van der Waals surface area contributed by atoms with E-state index in [0.29, 0.717) is 19.3 Å². The van der Waals surface area contributed by atoms with Gasteiger partial charge in [-0.2, -0.15) is 0 Å². The molecule has 0 aromatic rings. The first-order valence-electron chi connectivity index (χ1n) is 22.2. The Hall–Kier alpha value is 0.440. The Balaban J connectivity index is 0. The van der Waals surface area contributed by atoms with Gasteiger partial charge < -0.3 is 43.5 Å². The molecule has 1 fully saturated rings. The van der Waals surface area contributed by atoms with Gasteiger partial charge in [-0.05, 0) is 19.3 Å². The van der Waals surface area contributed by atoms with Crippen LogP contribution in [0.1, 0.15) is 213 Å². The number of nitrogens with one attached hydrogen (secondary N) is 1. The van der Waals surface area contributed by atoms with Crippen molar-refractivity contribution in [2.24, 2.45) is 0 Å². The molecule has 0 spiro atoms. The van der Waals surface area contributed by atoms with E-state index in [1.165, 1.54) is 77.0 Å². The molecule has 0 radical (unpaired) electrons. The molecule has 0 aliphatic carbocycles. The van der Waals surface area contributed by atoms with E-state index in [1.54, 1.807) is 0 Å². The Kier molecular flexibility index (Phi) is 41.0. The molecule has 1 rings (SSSR count). The van der Waals surface area contributed by atoms with E-state index < -0.39 is 62.9 Å². The Morgan fingerprint density at radius 2 is 0.912 bits per heavy atom. The van der Waals surface area contributed by atoms with Gasteiger partial charge in [0.1, 0.15) is 18.2 Å². The molecule has 2 N–H and O–H groups in total. The second-order valence-corrected chi connectivity index (χ2v) is 16.6. The minimum atomic E-state index is -5.69. The van der Waals surface area contributed by atoms with E-state index >= 15 is 0 Å². The number of phosphoric acid groups is 1. The van der Waals surface area contributed by atoms with Crippen molar-refractivity contribution in [1.29, 1.82) is 0 Å². The van der Waals surface area contributed by atoms with Crippen LogP contribution in [0.15, 0.2) is 0 Å². The number of ether oxygens (including phenoxy) is 3. The number of aliphatic hydroxyl groups excluding tert-OH is 1. The van der Waals surface area contributed by atoms with Crippen LogP contribution in [0.25, 0.3) is 0 Å². The molecule has 0 saturated carbocycles. The summed E-state index contributed by atoms with van der Waals surface area (Å²) in [6, 6.07) is -1.38. The number of rotatable bonds is 36. The minimum Gasteiger partial charge on any atom is -0.790 e. The number of unbranched alkanes of at least 4 members (excludes halogenated alkanes) is 24. The number of phosphoric ester groups is 1. The summed E-state index contributed by atoms with van der Waals surface area (Å²) in [4.78, 5) is 63.4. The maximum Gasteiger partial charge on any atom is 1.00 e. The summed E-state index contributed by atoms with van der Waals surface area (Å²) in [5, 5.41) is 12.9. The van der Waals surface area contributed by atoms with E-state index in [0.717, 1.165) is 77.0 Å². The van der Waals surface area contributed by atoms with Crippen LogP contribution >= 0.6 is 7.82 Å². The van der Waals surface area contributed by atoms with Crippen LogP contribution in [-0.2, 0) is 37.7 Å². The molecule has 15 heteroatoms. The topological polar surface area (TPSA) is 184 Å². The SMILES string of the molecule is CCCCCCCCCCCC(=O)N[C@H]1[C@@H](OC(=O)CCCCCCCCCCC)O[C@H](CO)[C@@H](OP(=O)([O-])[O-])[C@@H]1OC(=O)CCCCCCCCCCC.[Na+].[Na+]. The molecule has 1 aliphatic heterocycles. The smallest absolute Gasteiger partial charge is 0.790 e. The molecular weight excluding hydrogens is 771 g/mol. The van der Waals surface area contributed by atoms with Gasteiger partial charge >= 0.3 is 71.1 Å². The second-order valence-electron chi connectivity index (χ2n) is 15.5. The molecular formula is C42H78NNa2O11P. The molecule has 1 aliphatic rings. The van der Waals surface area contributed by atoms with Crippen LogP contribution < -0.4 is 74.2 Å². The van der Waals surface area contributed by atoms with Crippen LogP contribution in [0.4, 0.5) is 0 Å². The van der Waals surface area contributed by atoms with Crippen molar-refractivity contribution in [2.75, 3.05) is 6.61 Å². The van der Waals surface area contributed by atoms with Gasteiger partial charge in [0.15, 0.2) is 6.10 Å². The van der Waals surface area contributed by atoms with Crippen molar-refractivity contribution in [1.82, 2.24) is 5.32 Å². The molecule has 1 heterocycles. The van der Waals surface area contributed by atoms with Gasteiger partial charge in [-0.25, -0.2) is 0 Å². The Morgan fingerprint density at radius 1 is 0.561 bits per heavy atom. The summed E-state index contributed by atoms with van der Waals surface area (Å²) in [6.45, 7) is 5.72. The summed E-state index contributed by atoms with van der Waals surface area (Å²) >= 11 is 0. The predicted octanol–water partition coefficient (Wildman–Crippen LogP) is 2.63. The van der Waals surface area contributed by atoms with Crippen LogP contribution in [0.3, 0.4) is 0 Å². The van der Waals surface area contributed by atoms with Crippen molar-refractivity contribution >= 4 is 25.7 Å². The van der Waals surface area contributed by atoms with Gasteiger partial charge in [0, 0.05) is 19.3 Å². The summed E-state index contributed by atoms with van der Waals surface area (Å²) in [6.07, 6.45) is 22.2. The number of esters is 2. The molecule has 1 amide bonds. The second kappa shape index (κ2) is 39.3. The largest absolute Gasteiger partial charge is 1.00 e. The first kappa shape index (κ1) is 59.5. The number of hydrogen-bond donors (Lipinski definition) is 2. The van der Waals surface area contributed by atoms with Crippen molar-refractivity contribution in [3.8, 4) is 0 Å². The van der Waals surface area contributed by atoms with Gasteiger partial charge in [0.05, 0.1) is 14.4 Å². The van der Waals surface area contributed by atoms with Gasteiger partial charge in [0.2, 0.25) is 12.2 Å². The number of hydrogen-bond acceptors (Lipinski definition) is 11. The van der Waals surface area contributed by atoms with E-state index in [4.69, 9.17) is 18.7 Å². The maximum atomic E-state index is 13.3. The average molecular weight is 850 g/mol. The van der Waals surface area contributed by atoms with Crippen LogP contribution in [0.5, 0.6) is 0 Å². The molecule has 1 saturated heterocycles. The molecule has 5 atom stereocenters.